The van der Waals surface area contributed by atoms with E-state index in [1.54, 1.807) is 11.6 Å². The Morgan fingerprint density at radius 1 is 1.29 bits per heavy atom. The summed E-state index contributed by atoms with van der Waals surface area (Å²) in [5, 5.41) is 5.20. The van der Waals surface area contributed by atoms with Crippen LogP contribution in [0.2, 0.25) is 0 Å². The molecule has 88 valence electrons. The third-order valence-electron chi connectivity index (χ3n) is 2.40. The number of amides is 1. The van der Waals surface area contributed by atoms with E-state index in [4.69, 9.17) is 0 Å². The molecule has 1 N–H and O–H groups in total. The number of carbonyl (C=O) groups is 1. The molecule has 0 aliphatic heterocycles. The number of carbonyl (C=O) groups excluding carboxylic acids is 1. The average Bonchev–Trinajstić information content (AvgIpc) is 2.89. The number of rotatable bonds is 5. The van der Waals surface area contributed by atoms with Gasteiger partial charge in [0.15, 0.2) is 5.01 Å². The fourth-order valence-electron chi connectivity index (χ4n) is 1.55. The second-order valence-electron chi connectivity index (χ2n) is 3.68. The summed E-state index contributed by atoms with van der Waals surface area (Å²) in [4.78, 5) is 15.5. The van der Waals surface area contributed by atoms with E-state index in [0.29, 0.717) is 11.6 Å². The lowest BCUT2D eigenvalue weighted by Gasteiger charge is -2.03. The Morgan fingerprint density at radius 3 is 2.82 bits per heavy atom. The predicted octanol–water partition coefficient (Wildman–Crippen LogP) is 2.51. The monoisotopic (exact) mass is 246 g/mol. The Bertz CT molecular complexity index is 454. The summed E-state index contributed by atoms with van der Waals surface area (Å²) in [6.45, 7) is 0.688. The van der Waals surface area contributed by atoms with E-state index in [1.807, 2.05) is 18.2 Å². The van der Waals surface area contributed by atoms with Gasteiger partial charge in [-0.1, -0.05) is 30.3 Å². The van der Waals surface area contributed by atoms with E-state index in [0.717, 1.165) is 12.8 Å². The van der Waals surface area contributed by atoms with Crippen LogP contribution in [-0.2, 0) is 6.42 Å². The Hall–Kier alpha value is -1.68. The lowest BCUT2D eigenvalue weighted by atomic mass is 10.1. The first-order valence-corrected chi connectivity index (χ1v) is 6.46. The van der Waals surface area contributed by atoms with Crippen molar-refractivity contribution in [2.75, 3.05) is 6.54 Å². The van der Waals surface area contributed by atoms with Gasteiger partial charge in [-0.25, -0.2) is 4.98 Å². The summed E-state index contributed by atoms with van der Waals surface area (Å²) >= 11 is 1.36. The number of nitrogens with zero attached hydrogens (tertiary/aromatic N) is 1. The van der Waals surface area contributed by atoms with Gasteiger partial charge in [0.05, 0.1) is 0 Å². The van der Waals surface area contributed by atoms with E-state index in [9.17, 15) is 4.79 Å². The van der Waals surface area contributed by atoms with Crippen molar-refractivity contribution in [1.29, 1.82) is 0 Å². The van der Waals surface area contributed by atoms with Crippen LogP contribution in [0.4, 0.5) is 0 Å². The van der Waals surface area contributed by atoms with Gasteiger partial charge in [0, 0.05) is 18.1 Å². The number of hydrogen-bond acceptors (Lipinski definition) is 3. The van der Waals surface area contributed by atoms with Crippen molar-refractivity contribution >= 4 is 17.2 Å². The highest BCUT2D eigenvalue weighted by atomic mass is 32.1. The van der Waals surface area contributed by atoms with Gasteiger partial charge in [-0.15, -0.1) is 11.3 Å². The summed E-state index contributed by atoms with van der Waals surface area (Å²) in [6.07, 6.45) is 3.57. The molecule has 0 atom stereocenters. The minimum Gasteiger partial charge on any atom is -0.350 e. The van der Waals surface area contributed by atoms with E-state index in [1.165, 1.54) is 16.9 Å². The van der Waals surface area contributed by atoms with E-state index in [2.05, 4.69) is 22.4 Å². The number of benzene rings is 1. The third-order valence-corrected chi connectivity index (χ3v) is 3.17. The molecule has 0 unspecified atom stereocenters. The Balaban J connectivity index is 1.69. The summed E-state index contributed by atoms with van der Waals surface area (Å²) in [7, 11) is 0. The number of hydrogen-bond donors (Lipinski definition) is 1. The molecule has 1 aromatic heterocycles. The highest BCUT2D eigenvalue weighted by molar-refractivity contribution is 7.11. The smallest absolute Gasteiger partial charge is 0.280 e. The van der Waals surface area contributed by atoms with Gasteiger partial charge >= 0.3 is 0 Å². The first-order valence-electron chi connectivity index (χ1n) is 5.58. The number of aromatic nitrogens is 1. The van der Waals surface area contributed by atoms with Crippen molar-refractivity contribution in [1.82, 2.24) is 10.3 Å². The maximum atomic E-state index is 11.6. The molecule has 17 heavy (non-hydrogen) atoms. The van der Waals surface area contributed by atoms with Crippen molar-refractivity contribution in [3.63, 3.8) is 0 Å². The van der Waals surface area contributed by atoms with Crippen molar-refractivity contribution < 1.29 is 4.79 Å². The molecule has 0 aliphatic rings. The summed E-state index contributed by atoms with van der Waals surface area (Å²) in [5.74, 6) is -0.0759. The second-order valence-corrected chi connectivity index (χ2v) is 4.58. The van der Waals surface area contributed by atoms with E-state index < -0.39 is 0 Å². The van der Waals surface area contributed by atoms with Gasteiger partial charge in [-0.3, -0.25) is 4.79 Å². The van der Waals surface area contributed by atoms with Gasteiger partial charge in [-0.05, 0) is 18.4 Å². The van der Waals surface area contributed by atoms with Crippen molar-refractivity contribution in [3.05, 3.63) is 52.5 Å². The maximum Gasteiger partial charge on any atom is 0.280 e. The molecule has 1 heterocycles. The molecule has 0 spiro atoms. The summed E-state index contributed by atoms with van der Waals surface area (Å²) in [6, 6.07) is 10.3. The minimum absolute atomic E-state index is 0.0759. The van der Waals surface area contributed by atoms with Crippen LogP contribution in [0.25, 0.3) is 0 Å². The minimum atomic E-state index is -0.0759. The zero-order valence-corrected chi connectivity index (χ0v) is 10.2. The quantitative estimate of drug-likeness (QED) is 0.824. The molecule has 0 saturated carbocycles. The zero-order valence-electron chi connectivity index (χ0n) is 9.43. The lowest BCUT2D eigenvalue weighted by molar-refractivity contribution is 0.0953. The molecule has 0 fully saturated rings. The Labute approximate surface area is 105 Å². The third kappa shape index (κ3) is 3.67. The highest BCUT2D eigenvalue weighted by Crippen LogP contribution is 2.04. The fraction of sp³-hybridized carbons (Fsp3) is 0.231. The van der Waals surface area contributed by atoms with Gasteiger partial charge in [0.25, 0.3) is 5.91 Å². The molecule has 0 bridgehead atoms. The zero-order chi connectivity index (χ0) is 11.9. The lowest BCUT2D eigenvalue weighted by Crippen LogP contribution is -2.24. The van der Waals surface area contributed by atoms with Crippen LogP contribution in [0.1, 0.15) is 21.8 Å². The second kappa shape index (κ2) is 6.15. The Kier molecular flexibility index (Phi) is 4.27. The van der Waals surface area contributed by atoms with E-state index >= 15 is 0 Å². The molecule has 3 nitrogen and oxygen atoms in total. The van der Waals surface area contributed by atoms with Crippen molar-refractivity contribution in [2.24, 2.45) is 0 Å². The molecule has 0 saturated heterocycles. The molecule has 2 aromatic rings. The SMILES string of the molecule is O=C(NCCCc1ccccc1)c1nccs1. The van der Waals surface area contributed by atoms with Crippen molar-refractivity contribution in [3.8, 4) is 0 Å². The van der Waals surface area contributed by atoms with Crippen LogP contribution in [0.3, 0.4) is 0 Å². The highest BCUT2D eigenvalue weighted by Gasteiger charge is 2.06. The molecule has 0 radical (unpaired) electrons. The molecule has 1 amide bonds. The molecule has 2 rings (SSSR count). The number of thiazole rings is 1. The number of nitrogens with one attached hydrogen (secondary N) is 1. The first kappa shape index (κ1) is 11.8. The van der Waals surface area contributed by atoms with Crippen LogP contribution < -0.4 is 5.32 Å². The summed E-state index contributed by atoms with van der Waals surface area (Å²) < 4.78 is 0. The van der Waals surface area contributed by atoms with Crippen LogP contribution in [0.5, 0.6) is 0 Å². The predicted molar refractivity (Wildman–Crippen MR) is 69.2 cm³/mol. The molecule has 4 heteroatoms. The van der Waals surface area contributed by atoms with Crippen LogP contribution in [0.15, 0.2) is 41.9 Å². The molecular formula is C13H14N2OS. The van der Waals surface area contributed by atoms with Crippen molar-refractivity contribution in [2.45, 2.75) is 12.8 Å². The standard InChI is InChI=1S/C13H14N2OS/c16-12(13-15-9-10-17-13)14-8-4-7-11-5-2-1-3-6-11/h1-3,5-6,9-10H,4,7-8H2,(H,14,16). The normalized spacial score (nSPS) is 10.1. The Morgan fingerprint density at radius 2 is 2.12 bits per heavy atom. The van der Waals surface area contributed by atoms with Crippen LogP contribution in [-0.4, -0.2) is 17.4 Å². The van der Waals surface area contributed by atoms with Gasteiger partial charge in [-0.2, -0.15) is 0 Å². The molecular weight excluding hydrogens is 232 g/mol. The molecule has 0 aliphatic carbocycles. The fourth-order valence-corrected chi connectivity index (χ4v) is 2.10. The van der Waals surface area contributed by atoms with Crippen LogP contribution >= 0.6 is 11.3 Å². The average molecular weight is 246 g/mol. The first-order chi connectivity index (χ1) is 8.36. The topological polar surface area (TPSA) is 42.0 Å². The van der Waals surface area contributed by atoms with Gasteiger partial charge in [0.1, 0.15) is 0 Å². The van der Waals surface area contributed by atoms with Crippen LogP contribution in [0, 0.1) is 0 Å². The van der Waals surface area contributed by atoms with Gasteiger partial charge in [0.2, 0.25) is 0 Å². The molecule has 1 aromatic carbocycles. The maximum absolute atomic E-state index is 11.6. The van der Waals surface area contributed by atoms with E-state index in [-0.39, 0.29) is 5.91 Å². The number of aryl methyl sites for hydroxylation is 1. The van der Waals surface area contributed by atoms with Gasteiger partial charge < -0.3 is 5.32 Å². The largest absolute Gasteiger partial charge is 0.350 e. The summed E-state index contributed by atoms with van der Waals surface area (Å²) in [5.41, 5.74) is 1.30.